The Balaban J connectivity index is 2.14. The summed E-state index contributed by atoms with van der Waals surface area (Å²) in [5, 5.41) is 11.9. The Labute approximate surface area is 99.0 Å². The summed E-state index contributed by atoms with van der Waals surface area (Å²) in [5.41, 5.74) is 0.847. The summed E-state index contributed by atoms with van der Waals surface area (Å²) in [6, 6.07) is 6.87. The molecule has 0 spiro atoms. The quantitative estimate of drug-likeness (QED) is 0.855. The fraction of sp³-hybridized carbons (Fsp3) is 0.333. The number of hydrogen-bond donors (Lipinski definition) is 1. The van der Waals surface area contributed by atoms with E-state index in [1.54, 1.807) is 18.2 Å². The van der Waals surface area contributed by atoms with Crippen molar-refractivity contribution in [3.8, 4) is 6.07 Å². The van der Waals surface area contributed by atoms with E-state index in [-0.39, 0.29) is 11.3 Å². The lowest BCUT2D eigenvalue weighted by Crippen LogP contribution is -2.21. The average Bonchev–Trinajstić information content (AvgIpc) is 2.98. The van der Waals surface area contributed by atoms with Gasteiger partial charge >= 0.3 is 0 Å². The third-order valence-electron chi connectivity index (χ3n) is 2.90. The van der Waals surface area contributed by atoms with Crippen LogP contribution in [-0.4, -0.2) is 5.91 Å². The van der Waals surface area contributed by atoms with Crippen molar-refractivity contribution in [1.82, 2.24) is 0 Å². The predicted molar refractivity (Wildman–Crippen MR) is 62.1 cm³/mol. The van der Waals surface area contributed by atoms with Crippen LogP contribution in [0.3, 0.4) is 0 Å². The van der Waals surface area contributed by atoms with Crippen LogP contribution in [0.25, 0.3) is 0 Å². The molecular weight excluding hydrogens is 224 g/mol. The van der Waals surface area contributed by atoms with Gasteiger partial charge in [-0.25, -0.2) is 0 Å². The topological polar surface area (TPSA) is 52.9 Å². The highest BCUT2D eigenvalue weighted by molar-refractivity contribution is 6.32. The molecule has 1 aliphatic carbocycles. The third kappa shape index (κ3) is 2.02. The van der Waals surface area contributed by atoms with Gasteiger partial charge in [-0.3, -0.25) is 4.79 Å². The standard InChI is InChI=1S/C12H11ClN2O/c1-12(4-5-12)11(16)15-9-3-2-8(7-14)10(13)6-9/h2-3,6H,4-5H2,1H3,(H,15,16). The lowest BCUT2D eigenvalue weighted by atomic mass is 10.1. The zero-order valence-electron chi connectivity index (χ0n) is 8.88. The second-order valence-corrected chi connectivity index (χ2v) is 4.73. The number of benzene rings is 1. The molecule has 0 radical (unpaired) electrons. The van der Waals surface area contributed by atoms with E-state index in [4.69, 9.17) is 16.9 Å². The van der Waals surface area contributed by atoms with Crippen LogP contribution < -0.4 is 5.32 Å². The highest BCUT2D eigenvalue weighted by Crippen LogP contribution is 2.45. The summed E-state index contributed by atoms with van der Waals surface area (Å²) in [7, 11) is 0. The fourth-order valence-corrected chi connectivity index (χ4v) is 1.60. The molecule has 1 aliphatic rings. The minimum atomic E-state index is -0.208. The van der Waals surface area contributed by atoms with Crippen molar-refractivity contribution in [2.24, 2.45) is 5.41 Å². The molecule has 0 bridgehead atoms. The Kier molecular flexibility index (Phi) is 2.61. The molecule has 1 N–H and O–H groups in total. The molecule has 1 aromatic rings. The maximum absolute atomic E-state index is 11.7. The summed E-state index contributed by atoms with van der Waals surface area (Å²) in [6.45, 7) is 1.94. The first-order valence-electron chi connectivity index (χ1n) is 5.06. The Bertz CT molecular complexity index is 486. The molecule has 1 aromatic carbocycles. The number of rotatable bonds is 2. The van der Waals surface area contributed by atoms with E-state index in [0.29, 0.717) is 16.3 Å². The van der Waals surface area contributed by atoms with Gasteiger partial charge in [0.05, 0.1) is 10.6 Å². The van der Waals surface area contributed by atoms with Gasteiger partial charge in [-0.1, -0.05) is 18.5 Å². The number of carbonyl (C=O) groups is 1. The minimum absolute atomic E-state index is 0.0216. The molecule has 4 heteroatoms. The van der Waals surface area contributed by atoms with Crippen LogP contribution in [-0.2, 0) is 4.79 Å². The fourth-order valence-electron chi connectivity index (χ4n) is 1.38. The third-order valence-corrected chi connectivity index (χ3v) is 3.21. The average molecular weight is 235 g/mol. The summed E-state index contributed by atoms with van der Waals surface area (Å²) in [5.74, 6) is 0.0216. The molecule has 0 heterocycles. The molecule has 0 atom stereocenters. The Morgan fingerprint density at radius 1 is 1.56 bits per heavy atom. The lowest BCUT2D eigenvalue weighted by molar-refractivity contribution is -0.120. The van der Waals surface area contributed by atoms with Crippen LogP contribution in [0.5, 0.6) is 0 Å². The van der Waals surface area contributed by atoms with Gasteiger partial charge in [0, 0.05) is 11.1 Å². The number of hydrogen-bond acceptors (Lipinski definition) is 2. The van der Waals surface area contributed by atoms with E-state index in [1.165, 1.54) is 0 Å². The molecular formula is C12H11ClN2O. The molecule has 0 aromatic heterocycles. The van der Waals surface area contributed by atoms with Crippen molar-refractivity contribution >= 4 is 23.2 Å². The van der Waals surface area contributed by atoms with Gasteiger partial charge in [-0.2, -0.15) is 5.26 Å². The smallest absolute Gasteiger partial charge is 0.230 e. The van der Waals surface area contributed by atoms with Crippen LogP contribution in [0.4, 0.5) is 5.69 Å². The first-order valence-corrected chi connectivity index (χ1v) is 5.44. The lowest BCUT2D eigenvalue weighted by Gasteiger charge is -2.10. The molecule has 1 fully saturated rings. The van der Waals surface area contributed by atoms with Gasteiger partial charge in [-0.05, 0) is 31.0 Å². The van der Waals surface area contributed by atoms with Crippen molar-refractivity contribution in [3.63, 3.8) is 0 Å². The summed E-state index contributed by atoms with van der Waals surface area (Å²) in [6.07, 6.45) is 1.87. The Morgan fingerprint density at radius 2 is 2.25 bits per heavy atom. The Morgan fingerprint density at radius 3 is 2.75 bits per heavy atom. The molecule has 2 rings (SSSR count). The van der Waals surface area contributed by atoms with E-state index in [0.717, 1.165) is 12.8 Å². The highest BCUT2D eigenvalue weighted by atomic mass is 35.5. The number of amides is 1. The number of nitrogens with one attached hydrogen (secondary N) is 1. The van der Waals surface area contributed by atoms with Gasteiger partial charge < -0.3 is 5.32 Å². The monoisotopic (exact) mass is 234 g/mol. The molecule has 1 amide bonds. The maximum atomic E-state index is 11.7. The molecule has 0 aliphatic heterocycles. The van der Waals surface area contributed by atoms with E-state index in [2.05, 4.69) is 5.32 Å². The van der Waals surface area contributed by atoms with Crippen LogP contribution in [0, 0.1) is 16.7 Å². The molecule has 0 unspecified atom stereocenters. The molecule has 82 valence electrons. The second kappa shape index (κ2) is 3.80. The summed E-state index contributed by atoms with van der Waals surface area (Å²) >= 11 is 5.87. The van der Waals surface area contributed by atoms with Crippen molar-refractivity contribution in [2.45, 2.75) is 19.8 Å². The Hall–Kier alpha value is -1.53. The summed E-state index contributed by atoms with van der Waals surface area (Å²) in [4.78, 5) is 11.7. The zero-order valence-corrected chi connectivity index (χ0v) is 9.64. The van der Waals surface area contributed by atoms with Gasteiger partial charge in [-0.15, -0.1) is 0 Å². The molecule has 0 saturated heterocycles. The predicted octanol–water partition coefficient (Wildman–Crippen LogP) is 2.95. The largest absolute Gasteiger partial charge is 0.326 e. The van der Waals surface area contributed by atoms with Gasteiger partial charge in [0.15, 0.2) is 0 Å². The van der Waals surface area contributed by atoms with E-state index >= 15 is 0 Å². The number of halogens is 1. The first-order chi connectivity index (χ1) is 7.55. The van der Waals surface area contributed by atoms with Crippen molar-refractivity contribution in [1.29, 1.82) is 5.26 Å². The van der Waals surface area contributed by atoms with E-state index in [1.807, 2.05) is 13.0 Å². The number of nitrogens with zero attached hydrogens (tertiary/aromatic N) is 1. The van der Waals surface area contributed by atoms with Crippen molar-refractivity contribution in [3.05, 3.63) is 28.8 Å². The molecule has 3 nitrogen and oxygen atoms in total. The van der Waals surface area contributed by atoms with Gasteiger partial charge in [0.2, 0.25) is 5.91 Å². The number of nitriles is 1. The number of anilines is 1. The van der Waals surface area contributed by atoms with Crippen LogP contribution in [0.15, 0.2) is 18.2 Å². The highest BCUT2D eigenvalue weighted by Gasteiger charge is 2.44. The second-order valence-electron chi connectivity index (χ2n) is 4.32. The first kappa shape index (κ1) is 11.0. The maximum Gasteiger partial charge on any atom is 0.230 e. The zero-order chi connectivity index (χ0) is 11.8. The number of carbonyl (C=O) groups excluding carboxylic acids is 1. The van der Waals surface area contributed by atoms with Crippen LogP contribution in [0.2, 0.25) is 5.02 Å². The van der Waals surface area contributed by atoms with Crippen molar-refractivity contribution < 1.29 is 4.79 Å². The molecule has 16 heavy (non-hydrogen) atoms. The van der Waals surface area contributed by atoms with Gasteiger partial charge in [0.1, 0.15) is 6.07 Å². The van der Waals surface area contributed by atoms with Crippen LogP contribution >= 0.6 is 11.6 Å². The van der Waals surface area contributed by atoms with Gasteiger partial charge in [0.25, 0.3) is 0 Å². The minimum Gasteiger partial charge on any atom is -0.326 e. The van der Waals surface area contributed by atoms with E-state index < -0.39 is 0 Å². The normalized spacial score (nSPS) is 16.3. The molecule has 1 saturated carbocycles. The SMILES string of the molecule is CC1(C(=O)Nc2ccc(C#N)c(Cl)c2)CC1. The summed E-state index contributed by atoms with van der Waals surface area (Å²) < 4.78 is 0. The van der Waals surface area contributed by atoms with E-state index in [9.17, 15) is 4.79 Å². The van der Waals surface area contributed by atoms with Crippen LogP contribution in [0.1, 0.15) is 25.3 Å². The van der Waals surface area contributed by atoms with Crippen molar-refractivity contribution in [2.75, 3.05) is 5.32 Å².